The van der Waals surface area contributed by atoms with Gasteiger partial charge in [-0.2, -0.15) is 0 Å². The van der Waals surface area contributed by atoms with Gasteiger partial charge in [0.05, 0.1) is 23.1 Å². The van der Waals surface area contributed by atoms with E-state index in [9.17, 15) is 0 Å². The molecule has 24 heavy (non-hydrogen) atoms. The van der Waals surface area contributed by atoms with Crippen LogP contribution in [0.3, 0.4) is 0 Å². The fraction of sp³-hybridized carbons (Fsp3) is 0.381. The Morgan fingerprint density at radius 2 is 1.75 bits per heavy atom. The van der Waals surface area contributed by atoms with Crippen LogP contribution >= 0.6 is 0 Å². The van der Waals surface area contributed by atoms with E-state index in [1.165, 1.54) is 16.6 Å². The molecule has 1 aliphatic heterocycles. The van der Waals surface area contributed by atoms with Crippen LogP contribution in [0.5, 0.6) is 5.75 Å². The Kier molecular flexibility index (Phi) is 3.24. The lowest BCUT2D eigenvalue weighted by Gasteiger charge is -2.31. The molecule has 1 unspecified atom stereocenters. The molecule has 0 spiro atoms. The van der Waals surface area contributed by atoms with Gasteiger partial charge in [-0.25, -0.2) is 4.98 Å². The van der Waals surface area contributed by atoms with Crippen LogP contribution in [-0.4, -0.2) is 15.7 Å². The third kappa shape index (κ3) is 2.22. The highest BCUT2D eigenvalue weighted by molar-refractivity contribution is 5.85. The first-order chi connectivity index (χ1) is 11.4. The largest absolute Gasteiger partial charge is 0.487 e. The number of fused-ring (bicyclic) bond motifs is 5. The molecule has 0 amide bonds. The van der Waals surface area contributed by atoms with Gasteiger partial charge < -0.3 is 9.30 Å². The fourth-order valence-corrected chi connectivity index (χ4v) is 3.46. The van der Waals surface area contributed by atoms with Crippen molar-refractivity contribution in [3.05, 3.63) is 47.5 Å². The Bertz CT molecular complexity index is 931. The molecule has 0 radical (unpaired) electrons. The highest BCUT2D eigenvalue weighted by Crippen LogP contribution is 2.41. The molecule has 3 heteroatoms. The maximum atomic E-state index is 6.51. The van der Waals surface area contributed by atoms with Crippen molar-refractivity contribution in [3.8, 4) is 17.1 Å². The van der Waals surface area contributed by atoms with E-state index in [0.717, 1.165) is 29.2 Å². The van der Waals surface area contributed by atoms with Crippen LogP contribution < -0.4 is 4.74 Å². The Morgan fingerprint density at radius 1 is 1.04 bits per heavy atom. The maximum Gasteiger partial charge on any atom is 0.145 e. The van der Waals surface area contributed by atoms with E-state index in [2.05, 4.69) is 75.6 Å². The summed E-state index contributed by atoms with van der Waals surface area (Å²) in [6.45, 7) is 11.8. The van der Waals surface area contributed by atoms with Gasteiger partial charge in [-0.3, -0.25) is 0 Å². The zero-order chi connectivity index (χ0) is 17.1. The van der Waals surface area contributed by atoms with Crippen LogP contribution in [-0.2, 0) is 6.54 Å². The third-order valence-electron chi connectivity index (χ3n) is 5.01. The van der Waals surface area contributed by atoms with E-state index < -0.39 is 0 Å². The van der Waals surface area contributed by atoms with Crippen molar-refractivity contribution in [1.82, 2.24) is 9.55 Å². The van der Waals surface area contributed by atoms with Gasteiger partial charge in [0.25, 0.3) is 0 Å². The predicted octanol–water partition coefficient (Wildman–Crippen LogP) is 5.13. The first kappa shape index (κ1) is 15.3. The minimum Gasteiger partial charge on any atom is -0.487 e. The van der Waals surface area contributed by atoms with E-state index in [1.54, 1.807) is 0 Å². The molecule has 1 aliphatic rings. The number of nitrogens with zero attached hydrogens (tertiary/aromatic N) is 2. The molecule has 124 valence electrons. The van der Waals surface area contributed by atoms with Gasteiger partial charge in [-0.1, -0.05) is 45.0 Å². The summed E-state index contributed by atoms with van der Waals surface area (Å²) in [5.41, 5.74) is 5.81. The van der Waals surface area contributed by atoms with Gasteiger partial charge >= 0.3 is 0 Å². The van der Waals surface area contributed by atoms with Gasteiger partial charge in [0.2, 0.25) is 0 Å². The van der Waals surface area contributed by atoms with Crippen molar-refractivity contribution < 1.29 is 4.74 Å². The van der Waals surface area contributed by atoms with Crippen LogP contribution in [0, 0.1) is 19.3 Å². The quantitative estimate of drug-likeness (QED) is 0.574. The molecule has 2 aromatic carbocycles. The van der Waals surface area contributed by atoms with Crippen LogP contribution in [0.4, 0.5) is 0 Å². The summed E-state index contributed by atoms with van der Waals surface area (Å²) < 4.78 is 8.85. The molecular weight excluding hydrogens is 296 g/mol. The second-order valence-electron chi connectivity index (χ2n) is 7.91. The SMILES string of the molecule is Cc1cccc2c1OC(C(C)(C)C)Cn1c-2nc2c(C)cccc21. The summed E-state index contributed by atoms with van der Waals surface area (Å²) in [4.78, 5) is 4.99. The lowest BCUT2D eigenvalue weighted by atomic mass is 9.89. The molecule has 0 saturated heterocycles. The van der Waals surface area contributed by atoms with Gasteiger partial charge in [0.1, 0.15) is 17.7 Å². The molecule has 4 rings (SSSR count). The Labute approximate surface area is 143 Å². The molecule has 0 fully saturated rings. The van der Waals surface area contributed by atoms with E-state index in [4.69, 9.17) is 9.72 Å². The normalized spacial score (nSPS) is 17.1. The molecule has 1 atom stereocenters. The topological polar surface area (TPSA) is 27.1 Å². The number of imidazole rings is 1. The molecule has 3 nitrogen and oxygen atoms in total. The average Bonchev–Trinajstić information content (AvgIpc) is 2.78. The van der Waals surface area contributed by atoms with Gasteiger partial charge in [-0.15, -0.1) is 0 Å². The van der Waals surface area contributed by atoms with Gasteiger partial charge in [-0.05, 0) is 37.1 Å². The maximum absolute atomic E-state index is 6.51. The summed E-state index contributed by atoms with van der Waals surface area (Å²) in [5.74, 6) is 1.99. The summed E-state index contributed by atoms with van der Waals surface area (Å²) in [7, 11) is 0. The third-order valence-corrected chi connectivity index (χ3v) is 5.01. The molecule has 0 saturated carbocycles. The van der Waals surface area contributed by atoms with Crippen molar-refractivity contribution in [2.75, 3.05) is 0 Å². The molecule has 2 heterocycles. The zero-order valence-electron chi connectivity index (χ0n) is 15.1. The summed E-state index contributed by atoms with van der Waals surface area (Å²) in [5, 5.41) is 0. The highest BCUT2D eigenvalue weighted by Gasteiger charge is 2.33. The monoisotopic (exact) mass is 320 g/mol. The Balaban J connectivity index is 2.06. The van der Waals surface area contributed by atoms with Crippen molar-refractivity contribution in [2.24, 2.45) is 5.41 Å². The molecule has 0 bridgehead atoms. The fourth-order valence-electron chi connectivity index (χ4n) is 3.46. The summed E-state index contributed by atoms with van der Waals surface area (Å²) >= 11 is 0. The van der Waals surface area contributed by atoms with Crippen molar-refractivity contribution >= 4 is 11.0 Å². The van der Waals surface area contributed by atoms with E-state index in [-0.39, 0.29) is 11.5 Å². The van der Waals surface area contributed by atoms with Gasteiger partial charge in [0.15, 0.2) is 0 Å². The number of ether oxygens (including phenoxy) is 1. The van der Waals surface area contributed by atoms with E-state index in [0.29, 0.717) is 0 Å². The second-order valence-corrected chi connectivity index (χ2v) is 7.91. The first-order valence-corrected chi connectivity index (χ1v) is 8.59. The number of hydrogen-bond donors (Lipinski definition) is 0. The molecular formula is C21H24N2O. The standard InChI is InChI=1S/C21H24N2O/c1-13-8-7-11-16-18(13)22-20-15-10-6-9-14(2)19(15)24-17(12-23(16)20)21(3,4)5/h6-11,17H,12H2,1-5H3. The first-order valence-electron chi connectivity index (χ1n) is 8.59. The predicted molar refractivity (Wildman–Crippen MR) is 98.5 cm³/mol. The van der Waals surface area contributed by atoms with Crippen molar-refractivity contribution in [1.29, 1.82) is 0 Å². The Hall–Kier alpha value is -2.29. The van der Waals surface area contributed by atoms with Gasteiger partial charge in [0, 0.05) is 5.41 Å². The second kappa shape index (κ2) is 5.10. The number of aryl methyl sites for hydroxylation is 2. The lowest BCUT2D eigenvalue weighted by molar-refractivity contribution is 0.0752. The minimum absolute atomic E-state index is 0.0432. The molecule has 1 aromatic heterocycles. The van der Waals surface area contributed by atoms with Crippen LogP contribution in [0.25, 0.3) is 22.4 Å². The van der Waals surface area contributed by atoms with Crippen molar-refractivity contribution in [3.63, 3.8) is 0 Å². The number of benzene rings is 2. The number of hydrogen-bond acceptors (Lipinski definition) is 2. The average molecular weight is 320 g/mol. The van der Waals surface area contributed by atoms with Crippen LogP contribution in [0.1, 0.15) is 31.9 Å². The number of para-hydroxylation sites is 2. The molecule has 0 N–H and O–H groups in total. The minimum atomic E-state index is 0.0432. The smallest absolute Gasteiger partial charge is 0.145 e. The van der Waals surface area contributed by atoms with E-state index in [1.807, 2.05) is 0 Å². The molecule has 3 aromatic rings. The number of rotatable bonds is 0. The van der Waals surface area contributed by atoms with Crippen LogP contribution in [0.2, 0.25) is 0 Å². The summed E-state index contributed by atoms with van der Waals surface area (Å²) in [6.07, 6.45) is 0.0940. The highest BCUT2D eigenvalue weighted by atomic mass is 16.5. The van der Waals surface area contributed by atoms with Crippen molar-refractivity contribution in [2.45, 2.75) is 47.3 Å². The Morgan fingerprint density at radius 3 is 2.50 bits per heavy atom. The van der Waals surface area contributed by atoms with E-state index >= 15 is 0 Å². The van der Waals surface area contributed by atoms with Crippen LogP contribution in [0.15, 0.2) is 36.4 Å². The lowest BCUT2D eigenvalue weighted by Crippen LogP contribution is -2.35. The zero-order valence-corrected chi connectivity index (χ0v) is 15.1. The summed E-state index contributed by atoms with van der Waals surface area (Å²) in [6, 6.07) is 12.7. The number of aromatic nitrogens is 2. The molecule has 0 aliphatic carbocycles.